The SMILES string of the molecule is COC(=O)c1sc(NS(=O)(=O)c2ccc(C)cc2)nc1C1(C)CC1. The van der Waals surface area contributed by atoms with Gasteiger partial charge in [-0.15, -0.1) is 0 Å². The van der Waals surface area contributed by atoms with Gasteiger partial charge in [0.25, 0.3) is 10.0 Å². The summed E-state index contributed by atoms with van der Waals surface area (Å²) in [5.74, 6) is -0.489. The van der Waals surface area contributed by atoms with Gasteiger partial charge in [0.2, 0.25) is 0 Å². The number of carbonyl (C=O) groups is 1. The Morgan fingerprint density at radius 2 is 1.92 bits per heavy atom. The number of hydrogen-bond donors (Lipinski definition) is 1. The molecule has 0 bridgehead atoms. The molecule has 0 radical (unpaired) electrons. The molecule has 6 nitrogen and oxygen atoms in total. The summed E-state index contributed by atoms with van der Waals surface area (Å²) < 4.78 is 32.2. The highest BCUT2D eigenvalue weighted by Gasteiger charge is 2.45. The van der Waals surface area contributed by atoms with Gasteiger partial charge < -0.3 is 4.74 Å². The maximum Gasteiger partial charge on any atom is 0.350 e. The van der Waals surface area contributed by atoms with Gasteiger partial charge >= 0.3 is 5.97 Å². The maximum atomic E-state index is 12.5. The zero-order valence-electron chi connectivity index (χ0n) is 13.6. The predicted octanol–water partition coefficient (Wildman–Crippen LogP) is 3.09. The number of methoxy groups -OCH3 is 1. The molecule has 0 aliphatic heterocycles. The molecule has 128 valence electrons. The molecule has 1 N–H and O–H groups in total. The molecule has 2 aromatic rings. The van der Waals surface area contributed by atoms with Crippen LogP contribution in [-0.4, -0.2) is 26.5 Å². The van der Waals surface area contributed by atoms with Crippen LogP contribution in [0.1, 0.15) is 40.7 Å². The third-order valence-corrected chi connectivity index (χ3v) is 6.56. The number of esters is 1. The number of aryl methyl sites for hydroxylation is 1. The minimum Gasteiger partial charge on any atom is -0.465 e. The molecule has 0 saturated heterocycles. The Kier molecular flexibility index (Phi) is 4.13. The number of anilines is 1. The van der Waals surface area contributed by atoms with E-state index in [1.807, 2.05) is 13.8 Å². The van der Waals surface area contributed by atoms with Gasteiger partial charge in [0.15, 0.2) is 5.13 Å². The number of nitrogens with zero attached hydrogens (tertiary/aromatic N) is 1. The Bertz CT molecular complexity index is 881. The van der Waals surface area contributed by atoms with Crippen LogP contribution in [0.15, 0.2) is 29.2 Å². The van der Waals surface area contributed by atoms with Crippen molar-refractivity contribution in [2.45, 2.75) is 37.0 Å². The summed E-state index contributed by atoms with van der Waals surface area (Å²) in [4.78, 5) is 16.8. The molecule has 1 fully saturated rings. The van der Waals surface area contributed by atoms with Crippen LogP contribution in [0.25, 0.3) is 0 Å². The molecule has 0 atom stereocenters. The number of carbonyl (C=O) groups excluding carboxylic acids is 1. The molecule has 0 unspecified atom stereocenters. The average Bonchev–Trinajstić information content (AvgIpc) is 3.14. The van der Waals surface area contributed by atoms with Gasteiger partial charge in [0.1, 0.15) is 4.88 Å². The van der Waals surface area contributed by atoms with Gasteiger partial charge in [-0.25, -0.2) is 18.2 Å². The van der Waals surface area contributed by atoms with Crippen LogP contribution in [0.3, 0.4) is 0 Å². The van der Waals surface area contributed by atoms with Crippen LogP contribution < -0.4 is 4.72 Å². The fraction of sp³-hybridized carbons (Fsp3) is 0.375. The van der Waals surface area contributed by atoms with Gasteiger partial charge in [-0.3, -0.25) is 4.72 Å². The van der Waals surface area contributed by atoms with E-state index in [9.17, 15) is 13.2 Å². The zero-order chi connectivity index (χ0) is 17.5. The van der Waals surface area contributed by atoms with Crippen LogP contribution in [0.5, 0.6) is 0 Å². The number of ether oxygens (including phenoxy) is 1. The van der Waals surface area contributed by atoms with E-state index >= 15 is 0 Å². The van der Waals surface area contributed by atoms with E-state index in [1.165, 1.54) is 19.2 Å². The van der Waals surface area contributed by atoms with Crippen molar-refractivity contribution in [1.29, 1.82) is 0 Å². The van der Waals surface area contributed by atoms with Gasteiger partial charge in [0, 0.05) is 5.41 Å². The van der Waals surface area contributed by atoms with E-state index < -0.39 is 16.0 Å². The molecule has 0 amide bonds. The van der Waals surface area contributed by atoms with Crippen molar-refractivity contribution in [3.8, 4) is 0 Å². The topological polar surface area (TPSA) is 85.4 Å². The molecule has 8 heteroatoms. The van der Waals surface area contributed by atoms with Crippen molar-refractivity contribution in [3.63, 3.8) is 0 Å². The molecule has 3 rings (SSSR count). The fourth-order valence-corrected chi connectivity index (χ4v) is 4.59. The molecule has 1 aliphatic rings. The number of nitrogens with one attached hydrogen (secondary N) is 1. The summed E-state index contributed by atoms with van der Waals surface area (Å²) in [7, 11) is -2.44. The second-order valence-electron chi connectivity index (χ2n) is 6.17. The lowest BCUT2D eigenvalue weighted by atomic mass is 10.0. The van der Waals surface area contributed by atoms with Crippen LogP contribution >= 0.6 is 11.3 Å². The van der Waals surface area contributed by atoms with Crippen molar-refractivity contribution < 1.29 is 17.9 Å². The normalized spacial score (nSPS) is 15.8. The third-order valence-electron chi connectivity index (χ3n) is 4.12. The highest BCUT2D eigenvalue weighted by Crippen LogP contribution is 2.50. The van der Waals surface area contributed by atoms with E-state index in [0.29, 0.717) is 10.6 Å². The first kappa shape index (κ1) is 16.9. The maximum absolute atomic E-state index is 12.5. The largest absolute Gasteiger partial charge is 0.465 e. The summed E-state index contributed by atoms with van der Waals surface area (Å²) in [6.45, 7) is 3.89. The Morgan fingerprint density at radius 1 is 1.29 bits per heavy atom. The molecular weight excluding hydrogens is 348 g/mol. The first-order valence-electron chi connectivity index (χ1n) is 7.44. The van der Waals surface area contributed by atoms with E-state index in [2.05, 4.69) is 9.71 Å². The van der Waals surface area contributed by atoms with Crippen molar-refractivity contribution >= 4 is 32.5 Å². The lowest BCUT2D eigenvalue weighted by molar-refractivity contribution is 0.0604. The summed E-state index contributed by atoms with van der Waals surface area (Å²) >= 11 is 1.01. The number of benzene rings is 1. The average molecular weight is 366 g/mol. The van der Waals surface area contributed by atoms with Crippen LogP contribution in [-0.2, 0) is 20.2 Å². The fourth-order valence-electron chi connectivity index (χ4n) is 2.32. The predicted molar refractivity (Wildman–Crippen MR) is 92.0 cm³/mol. The Balaban J connectivity index is 1.94. The number of sulfonamides is 1. The zero-order valence-corrected chi connectivity index (χ0v) is 15.3. The Hall–Kier alpha value is -1.93. The molecule has 1 aromatic carbocycles. The summed E-state index contributed by atoms with van der Waals surface area (Å²) in [5, 5.41) is 0.180. The Morgan fingerprint density at radius 3 is 2.46 bits per heavy atom. The third kappa shape index (κ3) is 3.16. The van der Waals surface area contributed by atoms with Crippen molar-refractivity contribution in [2.75, 3.05) is 11.8 Å². The molecular formula is C16H18N2O4S2. The van der Waals surface area contributed by atoms with Crippen LogP contribution in [0.4, 0.5) is 5.13 Å². The molecule has 0 spiro atoms. The molecule has 1 saturated carbocycles. The summed E-state index contributed by atoms with van der Waals surface area (Å²) in [6, 6.07) is 6.53. The van der Waals surface area contributed by atoms with Crippen LogP contribution in [0, 0.1) is 6.92 Å². The first-order valence-corrected chi connectivity index (χ1v) is 9.74. The van der Waals surface area contributed by atoms with Gasteiger partial charge in [-0.1, -0.05) is 36.0 Å². The number of aromatic nitrogens is 1. The Labute approximate surface area is 144 Å². The monoisotopic (exact) mass is 366 g/mol. The second kappa shape index (κ2) is 5.86. The minimum absolute atomic E-state index is 0.155. The summed E-state index contributed by atoms with van der Waals surface area (Å²) in [6.07, 6.45) is 1.84. The molecule has 24 heavy (non-hydrogen) atoms. The van der Waals surface area contributed by atoms with Crippen molar-refractivity contribution in [3.05, 3.63) is 40.4 Å². The van der Waals surface area contributed by atoms with Gasteiger partial charge in [0.05, 0.1) is 17.7 Å². The number of hydrogen-bond acceptors (Lipinski definition) is 6. The van der Waals surface area contributed by atoms with Gasteiger partial charge in [-0.2, -0.15) is 0 Å². The minimum atomic E-state index is -3.75. The van der Waals surface area contributed by atoms with E-state index in [-0.39, 0.29) is 15.4 Å². The van der Waals surface area contributed by atoms with E-state index in [4.69, 9.17) is 4.74 Å². The van der Waals surface area contributed by atoms with E-state index in [0.717, 1.165) is 29.7 Å². The standard InChI is InChI=1S/C16H18N2O4S2/c1-10-4-6-11(7-5-10)24(20,21)18-15-17-13(16(2)8-9-16)12(23-15)14(19)22-3/h4-7H,8-9H2,1-3H3,(H,17,18). The summed E-state index contributed by atoms with van der Waals surface area (Å²) in [5.41, 5.74) is 1.41. The van der Waals surface area contributed by atoms with Gasteiger partial charge in [-0.05, 0) is 31.9 Å². The number of rotatable bonds is 5. The highest BCUT2D eigenvalue weighted by atomic mass is 32.2. The molecule has 1 aliphatic carbocycles. The smallest absolute Gasteiger partial charge is 0.350 e. The first-order chi connectivity index (χ1) is 11.2. The van der Waals surface area contributed by atoms with Crippen molar-refractivity contribution in [2.24, 2.45) is 0 Å². The number of thiazole rings is 1. The second-order valence-corrected chi connectivity index (χ2v) is 8.85. The van der Waals surface area contributed by atoms with E-state index in [1.54, 1.807) is 12.1 Å². The van der Waals surface area contributed by atoms with Crippen molar-refractivity contribution in [1.82, 2.24) is 4.98 Å². The molecule has 1 aromatic heterocycles. The molecule has 1 heterocycles. The lowest BCUT2D eigenvalue weighted by Crippen LogP contribution is -2.13. The lowest BCUT2D eigenvalue weighted by Gasteiger charge is -2.06. The van der Waals surface area contributed by atoms with Crippen LogP contribution in [0.2, 0.25) is 0 Å². The quantitative estimate of drug-likeness (QED) is 0.822. The highest BCUT2D eigenvalue weighted by molar-refractivity contribution is 7.93.